The van der Waals surface area contributed by atoms with Crippen molar-refractivity contribution in [1.29, 1.82) is 5.26 Å². The van der Waals surface area contributed by atoms with E-state index in [1.54, 1.807) is 6.20 Å². The van der Waals surface area contributed by atoms with Crippen LogP contribution in [0.15, 0.2) is 47.1 Å². The molecule has 0 radical (unpaired) electrons. The van der Waals surface area contributed by atoms with Crippen molar-refractivity contribution in [2.45, 2.75) is 12.5 Å². The zero-order chi connectivity index (χ0) is 14.7. The first kappa shape index (κ1) is 13.9. The van der Waals surface area contributed by atoms with Gasteiger partial charge >= 0.3 is 0 Å². The van der Waals surface area contributed by atoms with Gasteiger partial charge in [-0.1, -0.05) is 12.1 Å². The van der Waals surface area contributed by atoms with Gasteiger partial charge in [0, 0.05) is 29.7 Å². The topological polar surface area (TPSA) is 49.2 Å². The number of benzene rings is 1. The standard InChI is InChI=1S/C16H14BrN3O/c17-14-5-3-4-12(10-18)16(14)20-9-7-13(11-20)21-15-6-1-2-8-19-15/h1-6,8,13H,7,9,11H2. The zero-order valence-electron chi connectivity index (χ0n) is 11.4. The number of halogens is 1. The van der Waals surface area contributed by atoms with E-state index in [4.69, 9.17) is 4.74 Å². The van der Waals surface area contributed by atoms with E-state index in [1.807, 2.05) is 36.4 Å². The molecule has 1 aliphatic rings. The molecule has 4 nitrogen and oxygen atoms in total. The monoisotopic (exact) mass is 343 g/mol. The quantitative estimate of drug-likeness (QED) is 0.857. The van der Waals surface area contributed by atoms with Crippen LogP contribution in [-0.4, -0.2) is 24.2 Å². The van der Waals surface area contributed by atoms with Crippen LogP contribution in [0.25, 0.3) is 0 Å². The fourth-order valence-corrected chi connectivity index (χ4v) is 3.16. The minimum absolute atomic E-state index is 0.0959. The van der Waals surface area contributed by atoms with Crippen LogP contribution in [0.4, 0.5) is 5.69 Å². The molecular weight excluding hydrogens is 330 g/mol. The molecule has 1 fully saturated rings. The third-order valence-corrected chi connectivity index (χ3v) is 4.13. The molecule has 2 heterocycles. The smallest absolute Gasteiger partial charge is 0.213 e. The summed E-state index contributed by atoms with van der Waals surface area (Å²) in [7, 11) is 0. The van der Waals surface area contributed by atoms with Gasteiger partial charge in [0.25, 0.3) is 0 Å². The molecule has 2 aromatic rings. The van der Waals surface area contributed by atoms with Crippen molar-refractivity contribution in [2.75, 3.05) is 18.0 Å². The molecule has 1 aromatic heterocycles. The average Bonchev–Trinajstić information content (AvgIpc) is 2.96. The van der Waals surface area contributed by atoms with Gasteiger partial charge in [0.2, 0.25) is 5.88 Å². The summed E-state index contributed by atoms with van der Waals surface area (Å²) in [6.45, 7) is 1.63. The summed E-state index contributed by atoms with van der Waals surface area (Å²) in [6.07, 6.45) is 2.74. The first-order chi connectivity index (χ1) is 10.3. The van der Waals surface area contributed by atoms with Gasteiger partial charge in [-0.15, -0.1) is 0 Å². The van der Waals surface area contributed by atoms with Crippen LogP contribution < -0.4 is 9.64 Å². The molecule has 21 heavy (non-hydrogen) atoms. The second kappa shape index (κ2) is 6.15. The molecule has 5 heteroatoms. The Morgan fingerprint density at radius 2 is 2.19 bits per heavy atom. The maximum Gasteiger partial charge on any atom is 0.213 e. The van der Waals surface area contributed by atoms with Gasteiger partial charge in [-0.3, -0.25) is 0 Å². The van der Waals surface area contributed by atoms with Crippen molar-refractivity contribution < 1.29 is 4.74 Å². The van der Waals surface area contributed by atoms with Crippen LogP contribution in [-0.2, 0) is 0 Å². The van der Waals surface area contributed by atoms with Gasteiger partial charge < -0.3 is 9.64 Å². The summed E-state index contributed by atoms with van der Waals surface area (Å²) in [5.41, 5.74) is 1.63. The fraction of sp³-hybridized carbons (Fsp3) is 0.250. The van der Waals surface area contributed by atoms with Crippen LogP contribution in [0.2, 0.25) is 0 Å². The number of hydrogen-bond donors (Lipinski definition) is 0. The van der Waals surface area contributed by atoms with E-state index in [2.05, 4.69) is 31.9 Å². The normalized spacial score (nSPS) is 17.5. The highest BCUT2D eigenvalue weighted by atomic mass is 79.9. The van der Waals surface area contributed by atoms with E-state index in [9.17, 15) is 5.26 Å². The summed E-state index contributed by atoms with van der Waals surface area (Å²) >= 11 is 3.54. The van der Waals surface area contributed by atoms with E-state index in [0.717, 1.165) is 29.7 Å². The summed E-state index contributed by atoms with van der Waals surface area (Å²) in [6, 6.07) is 13.6. The maximum absolute atomic E-state index is 9.27. The largest absolute Gasteiger partial charge is 0.472 e. The number of anilines is 1. The lowest BCUT2D eigenvalue weighted by atomic mass is 10.2. The van der Waals surface area contributed by atoms with Crippen molar-refractivity contribution in [3.8, 4) is 11.9 Å². The second-order valence-corrected chi connectivity index (χ2v) is 5.74. The fourth-order valence-electron chi connectivity index (χ4n) is 2.54. The second-order valence-electron chi connectivity index (χ2n) is 4.89. The lowest BCUT2D eigenvalue weighted by molar-refractivity contribution is 0.216. The van der Waals surface area contributed by atoms with Gasteiger partial charge in [0.15, 0.2) is 0 Å². The SMILES string of the molecule is N#Cc1cccc(Br)c1N1CCC(Oc2ccccn2)C1. The van der Waals surface area contributed by atoms with Crippen molar-refractivity contribution in [3.63, 3.8) is 0 Å². The van der Waals surface area contributed by atoms with E-state index in [0.29, 0.717) is 11.4 Å². The molecule has 1 atom stereocenters. The number of para-hydroxylation sites is 1. The molecule has 1 saturated heterocycles. The number of rotatable bonds is 3. The minimum atomic E-state index is 0.0959. The van der Waals surface area contributed by atoms with E-state index < -0.39 is 0 Å². The molecule has 0 aliphatic carbocycles. The van der Waals surface area contributed by atoms with Gasteiger partial charge in [-0.05, 0) is 34.1 Å². The number of aromatic nitrogens is 1. The molecule has 0 bridgehead atoms. The number of nitrogens with zero attached hydrogens (tertiary/aromatic N) is 3. The predicted octanol–water partition coefficient (Wildman–Crippen LogP) is 3.37. The van der Waals surface area contributed by atoms with Gasteiger partial charge in [-0.25, -0.2) is 4.98 Å². The lowest BCUT2D eigenvalue weighted by Gasteiger charge is -2.21. The Kier molecular flexibility index (Phi) is 4.07. The molecule has 3 rings (SSSR count). The average molecular weight is 344 g/mol. The zero-order valence-corrected chi connectivity index (χ0v) is 13.0. The number of ether oxygens (including phenoxy) is 1. The molecule has 106 valence electrons. The number of hydrogen-bond acceptors (Lipinski definition) is 4. The third-order valence-electron chi connectivity index (χ3n) is 3.49. The Hall–Kier alpha value is -2.06. The van der Waals surface area contributed by atoms with Crippen molar-refractivity contribution >= 4 is 21.6 Å². The van der Waals surface area contributed by atoms with E-state index in [1.165, 1.54) is 0 Å². The summed E-state index contributed by atoms with van der Waals surface area (Å²) < 4.78 is 6.83. The van der Waals surface area contributed by atoms with Gasteiger partial charge in [-0.2, -0.15) is 5.26 Å². The molecule has 0 spiro atoms. The van der Waals surface area contributed by atoms with Crippen LogP contribution in [0.1, 0.15) is 12.0 Å². The molecule has 0 saturated carbocycles. The molecule has 0 amide bonds. The first-order valence-corrected chi connectivity index (χ1v) is 7.58. The first-order valence-electron chi connectivity index (χ1n) is 6.79. The number of pyridine rings is 1. The number of nitriles is 1. The van der Waals surface area contributed by atoms with Crippen molar-refractivity contribution in [3.05, 3.63) is 52.6 Å². The molecule has 1 aliphatic heterocycles. The Bertz CT molecular complexity index is 669. The lowest BCUT2D eigenvalue weighted by Crippen LogP contribution is -2.25. The third kappa shape index (κ3) is 3.01. The van der Waals surface area contributed by atoms with Crippen molar-refractivity contribution in [2.24, 2.45) is 0 Å². The maximum atomic E-state index is 9.27. The molecular formula is C16H14BrN3O. The van der Waals surface area contributed by atoms with Crippen LogP contribution in [0.3, 0.4) is 0 Å². The Labute approximate surface area is 132 Å². The highest BCUT2D eigenvalue weighted by Crippen LogP contribution is 2.33. The summed E-state index contributed by atoms with van der Waals surface area (Å²) in [5.74, 6) is 0.650. The minimum Gasteiger partial charge on any atom is -0.472 e. The van der Waals surface area contributed by atoms with E-state index >= 15 is 0 Å². The Morgan fingerprint density at radius 1 is 1.29 bits per heavy atom. The predicted molar refractivity (Wildman–Crippen MR) is 84.3 cm³/mol. The van der Waals surface area contributed by atoms with Crippen LogP contribution in [0, 0.1) is 11.3 Å². The summed E-state index contributed by atoms with van der Waals surface area (Å²) in [4.78, 5) is 6.38. The van der Waals surface area contributed by atoms with Gasteiger partial charge in [0.05, 0.1) is 17.8 Å². The summed E-state index contributed by atoms with van der Waals surface area (Å²) in [5, 5.41) is 9.27. The van der Waals surface area contributed by atoms with Gasteiger partial charge in [0.1, 0.15) is 12.2 Å². The molecule has 1 unspecified atom stereocenters. The highest BCUT2D eigenvalue weighted by molar-refractivity contribution is 9.10. The molecule has 0 N–H and O–H groups in total. The Morgan fingerprint density at radius 3 is 2.95 bits per heavy atom. The highest BCUT2D eigenvalue weighted by Gasteiger charge is 2.27. The van der Waals surface area contributed by atoms with Crippen LogP contribution in [0.5, 0.6) is 5.88 Å². The Balaban J connectivity index is 1.75. The van der Waals surface area contributed by atoms with Crippen LogP contribution >= 0.6 is 15.9 Å². The molecule has 1 aromatic carbocycles. The van der Waals surface area contributed by atoms with Crippen molar-refractivity contribution in [1.82, 2.24) is 4.98 Å². The van der Waals surface area contributed by atoms with E-state index in [-0.39, 0.29) is 6.10 Å².